The summed E-state index contributed by atoms with van der Waals surface area (Å²) in [6.07, 6.45) is 0.794. The normalized spacial score (nSPS) is 22.0. The first kappa shape index (κ1) is 14.3. The summed E-state index contributed by atoms with van der Waals surface area (Å²) in [5, 5.41) is 10.2. The van der Waals surface area contributed by atoms with Crippen LogP contribution in [-0.4, -0.2) is 55.2 Å². The lowest BCUT2D eigenvalue weighted by atomic mass is 10.1. The van der Waals surface area contributed by atoms with E-state index in [4.69, 9.17) is 5.73 Å². The lowest BCUT2D eigenvalue weighted by molar-refractivity contribution is 0.119. The maximum Gasteiger partial charge on any atom is 0.0917 e. The minimum absolute atomic E-state index is 0.465. The Bertz CT molecular complexity index is 410. The number of rotatable bonds is 5. The van der Waals surface area contributed by atoms with Crippen molar-refractivity contribution in [2.24, 2.45) is 5.92 Å². The van der Waals surface area contributed by atoms with Gasteiger partial charge in [-0.3, -0.25) is 0 Å². The summed E-state index contributed by atoms with van der Waals surface area (Å²) < 4.78 is 0. The van der Waals surface area contributed by atoms with Crippen LogP contribution in [0.5, 0.6) is 0 Å². The molecule has 2 atom stereocenters. The highest BCUT2D eigenvalue weighted by molar-refractivity contribution is 5.41. The largest absolute Gasteiger partial charge is 0.399 e. The van der Waals surface area contributed by atoms with Crippen LogP contribution in [0.4, 0.5) is 5.69 Å². The second-order valence-corrected chi connectivity index (χ2v) is 5.82. The van der Waals surface area contributed by atoms with Gasteiger partial charge in [0.15, 0.2) is 0 Å². The fraction of sp³-hybridized carbons (Fsp3) is 0.600. The quantitative estimate of drug-likeness (QED) is 0.784. The summed E-state index contributed by atoms with van der Waals surface area (Å²) in [4.78, 5) is 4.59. The molecular formula is C15H25N3O. The zero-order valence-electron chi connectivity index (χ0n) is 11.9. The molecule has 0 spiro atoms. The maximum atomic E-state index is 10.2. The van der Waals surface area contributed by atoms with Gasteiger partial charge in [-0.1, -0.05) is 12.1 Å². The van der Waals surface area contributed by atoms with E-state index in [1.54, 1.807) is 0 Å². The molecule has 106 valence electrons. The molecule has 1 aromatic carbocycles. The van der Waals surface area contributed by atoms with Crippen LogP contribution in [0.1, 0.15) is 18.1 Å². The molecule has 0 aliphatic carbocycles. The molecule has 0 saturated carbocycles. The molecule has 1 heterocycles. The summed E-state index contributed by atoms with van der Waals surface area (Å²) in [5.41, 5.74) is 7.35. The van der Waals surface area contributed by atoms with Crippen molar-refractivity contribution in [3.05, 3.63) is 29.8 Å². The summed E-state index contributed by atoms with van der Waals surface area (Å²) in [6.45, 7) is 4.06. The molecule has 2 unspecified atom stereocenters. The van der Waals surface area contributed by atoms with Crippen molar-refractivity contribution in [2.75, 3.05) is 46.0 Å². The van der Waals surface area contributed by atoms with E-state index in [9.17, 15) is 5.11 Å². The van der Waals surface area contributed by atoms with E-state index in [1.807, 2.05) is 24.3 Å². The van der Waals surface area contributed by atoms with Gasteiger partial charge >= 0.3 is 0 Å². The molecule has 4 heteroatoms. The first-order valence-electron chi connectivity index (χ1n) is 6.95. The number of aliphatic hydroxyl groups excluding tert-OH is 1. The average molecular weight is 263 g/mol. The van der Waals surface area contributed by atoms with E-state index < -0.39 is 6.10 Å². The molecule has 4 nitrogen and oxygen atoms in total. The Balaban J connectivity index is 1.83. The van der Waals surface area contributed by atoms with E-state index in [1.165, 1.54) is 19.5 Å². The second-order valence-electron chi connectivity index (χ2n) is 5.82. The van der Waals surface area contributed by atoms with Crippen molar-refractivity contribution in [1.82, 2.24) is 9.80 Å². The Hall–Kier alpha value is -1.10. The molecule has 1 aliphatic rings. The third-order valence-corrected chi connectivity index (χ3v) is 3.84. The van der Waals surface area contributed by atoms with Gasteiger partial charge in [-0.25, -0.2) is 0 Å². The highest BCUT2D eigenvalue weighted by Gasteiger charge is 2.21. The van der Waals surface area contributed by atoms with Crippen molar-refractivity contribution in [1.29, 1.82) is 0 Å². The van der Waals surface area contributed by atoms with E-state index in [0.29, 0.717) is 12.2 Å². The highest BCUT2D eigenvalue weighted by atomic mass is 16.3. The van der Waals surface area contributed by atoms with Crippen molar-refractivity contribution in [3.8, 4) is 0 Å². The van der Waals surface area contributed by atoms with Crippen LogP contribution in [0.3, 0.4) is 0 Å². The Labute approximate surface area is 115 Å². The SMILES string of the molecule is CN1CCC(CN(C)CC(O)c2cccc(N)c2)C1. The molecular weight excluding hydrogens is 238 g/mol. The van der Waals surface area contributed by atoms with Crippen LogP contribution in [0.2, 0.25) is 0 Å². The number of aliphatic hydroxyl groups is 1. The minimum Gasteiger partial charge on any atom is -0.399 e. The molecule has 3 N–H and O–H groups in total. The molecule has 0 bridgehead atoms. The third-order valence-electron chi connectivity index (χ3n) is 3.84. The highest BCUT2D eigenvalue weighted by Crippen LogP contribution is 2.19. The molecule has 0 amide bonds. The Morgan fingerprint density at radius 1 is 1.53 bits per heavy atom. The standard InChI is InChI=1S/C15H25N3O/c1-17-7-6-12(9-17)10-18(2)11-15(19)13-4-3-5-14(16)8-13/h3-5,8,12,15,19H,6-7,9-11,16H2,1-2H3. The average Bonchev–Trinajstić information content (AvgIpc) is 2.74. The van der Waals surface area contributed by atoms with Crippen molar-refractivity contribution in [3.63, 3.8) is 0 Å². The zero-order valence-corrected chi connectivity index (χ0v) is 11.9. The van der Waals surface area contributed by atoms with Crippen molar-refractivity contribution in [2.45, 2.75) is 12.5 Å². The fourth-order valence-electron chi connectivity index (χ4n) is 2.86. The van der Waals surface area contributed by atoms with E-state index in [-0.39, 0.29) is 0 Å². The monoisotopic (exact) mass is 263 g/mol. The lowest BCUT2D eigenvalue weighted by Crippen LogP contribution is -2.31. The van der Waals surface area contributed by atoms with E-state index >= 15 is 0 Å². The van der Waals surface area contributed by atoms with Gasteiger partial charge in [-0.15, -0.1) is 0 Å². The van der Waals surface area contributed by atoms with Crippen molar-refractivity contribution < 1.29 is 5.11 Å². The van der Waals surface area contributed by atoms with Gasteiger partial charge in [0.2, 0.25) is 0 Å². The third kappa shape index (κ3) is 4.20. The van der Waals surface area contributed by atoms with Crippen LogP contribution < -0.4 is 5.73 Å². The maximum absolute atomic E-state index is 10.2. The number of likely N-dealkylation sites (tertiary alicyclic amines) is 1. The smallest absolute Gasteiger partial charge is 0.0917 e. The summed E-state index contributed by atoms with van der Waals surface area (Å²) in [5.74, 6) is 0.725. The first-order chi connectivity index (χ1) is 9.04. The number of anilines is 1. The number of benzene rings is 1. The van der Waals surface area contributed by atoms with Crippen LogP contribution in [0.15, 0.2) is 24.3 Å². The molecule has 1 fully saturated rings. The van der Waals surface area contributed by atoms with Gasteiger partial charge in [-0.2, -0.15) is 0 Å². The topological polar surface area (TPSA) is 52.7 Å². The summed E-state index contributed by atoms with van der Waals surface area (Å²) in [6, 6.07) is 7.51. The Morgan fingerprint density at radius 3 is 2.95 bits per heavy atom. The Kier molecular flexibility index (Phi) is 4.80. The molecule has 19 heavy (non-hydrogen) atoms. The number of hydrogen-bond donors (Lipinski definition) is 2. The van der Waals surface area contributed by atoms with Gasteiger partial charge in [-0.05, 0) is 50.7 Å². The predicted octanol–water partition coefficient (Wildman–Crippen LogP) is 1.19. The lowest BCUT2D eigenvalue weighted by Gasteiger charge is -2.24. The van der Waals surface area contributed by atoms with Crippen LogP contribution >= 0.6 is 0 Å². The molecule has 2 rings (SSSR count). The second kappa shape index (κ2) is 6.37. The van der Waals surface area contributed by atoms with E-state index in [0.717, 1.165) is 18.0 Å². The minimum atomic E-state index is -0.465. The fourth-order valence-corrected chi connectivity index (χ4v) is 2.86. The number of hydrogen-bond acceptors (Lipinski definition) is 4. The van der Waals surface area contributed by atoms with Gasteiger partial charge in [0.05, 0.1) is 6.10 Å². The number of nitrogens with zero attached hydrogens (tertiary/aromatic N) is 2. The number of nitrogen functional groups attached to an aromatic ring is 1. The summed E-state index contributed by atoms with van der Waals surface area (Å²) in [7, 11) is 4.25. The predicted molar refractivity (Wildman–Crippen MR) is 78.9 cm³/mol. The molecule has 0 aromatic heterocycles. The van der Waals surface area contributed by atoms with Gasteiger partial charge in [0, 0.05) is 25.3 Å². The molecule has 0 radical (unpaired) electrons. The van der Waals surface area contributed by atoms with Crippen LogP contribution in [0, 0.1) is 5.92 Å². The van der Waals surface area contributed by atoms with Crippen LogP contribution in [0.25, 0.3) is 0 Å². The number of likely N-dealkylation sites (N-methyl/N-ethyl adjacent to an activating group) is 1. The van der Waals surface area contributed by atoms with Gasteiger partial charge in [0.1, 0.15) is 0 Å². The van der Waals surface area contributed by atoms with Gasteiger partial charge < -0.3 is 20.6 Å². The molecule has 1 aliphatic heterocycles. The zero-order chi connectivity index (χ0) is 13.8. The first-order valence-corrected chi connectivity index (χ1v) is 6.95. The van der Waals surface area contributed by atoms with Crippen molar-refractivity contribution >= 4 is 5.69 Å². The number of nitrogens with two attached hydrogens (primary N) is 1. The van der Waals surface area contributed by atoms with Crippen LogP contribution in [-0.2, 0) is 0 Å². The molecule has 1 saturated heterocycles. The summed E-state index contributed by atoms with van der Waals surface area (Å²) >= 11 is 0. The van der Waals surface area contributed by atoms with Gasteiger partial charge in [0.25, 0.3) is 0 Å². The van der Waals surface area contributed by atoms with E-state index in [2.05, 4.69) is 23.9 Å². The Morgan fingerprint density at radius 2 is 2.32 bits per heavy atom. The molecule has 1 aromatic rings.